The second-order valence-corrected chi connectivity index (χ2v) is 6.88. The number of hydrogen-bond acceptors (Lipinski definition) is 4. The molecule has 0 aliphatic carbocycles. The maximum Gasteiger partial charge on any atom is 0.410 e. The molecule has 0 spiro atoms. The van der Waals surface area contributed by atoms with Crippen LogP contribution in [0.25, 0.3) is 0 Å². The number of fused-ring (bicyclic) bond motifs is 1. The molecule has 5 nitrogen and oxygen atoms in total. The first kappa shape index (κ1) is 17.9. The Hall–Kier alpha value is -2.44. The zero-order valence-electron chi connectivity index (χ0n) is 15.1. The van der Waals surface area contributed by atoms with E-state index in [2.05, 4.69) is 11.4 Å². The molecule has 1 amide bonds. The van der Waals surface area contributed by atoms with Crippen molar-refractivity contribution in [2.45, 2.75) is 18.6 Å². The molecule has 0 bridgehead atoms. The quantitative estimate of drug-likeness (QED) is 0.883. The Balaban J connectivity index is 1.62. The highest BCUT2D eigenvalue weighted by Gasteiger charge is 2.34. The molecular formula is C21H23FN2O3. The first-order chi connectivity index (χ1) is 13.2. The monoisotopic (exact) mass is 370 g/mol. The van der Waals surface area contributed by atoms with E-state index in [1.807, 2.05) is 18.2 Å². The number of nitrogens with one attached hydrogen (secondary N) is 1. The lowest BCUT2D eigenvalue weighted by molar-refractivity contribution is 0.0147. The zero-order chi connectivity index (χ0) is 18.6. The van der Waals surface area contributed by atoms with Gasteiger partial charge in [-0.05, 0) is 35.2 Å². The van der Waals surface area contributed by atoms with Gasteiger partial charge in [-0.1, -0.05) is 36.4 Å². The summed E-state index contributed by atoms with van der Waals surface area (Å²) in [4.78, 5) is 14.7. The van der Waals surface area contributed by atoms with Crippen molar-refractivity contribution in [1.82, 2.24) is 10.2 Å². The van der Waals surface area contributed by atoms with E-state index in [4.69, 9.17) is 9.47 Å². The summed E-state index contributed by atoms with van der Waals surface area (Å²) >= 11 is 0. The fourth-order valence-corrected chi connectivity index (χ4v) is 3.73. The van der Waals surface area contributed by atoms with Crippen molar-refractivity contribution in [2.75, 3.05) is 32.8 Å². The third-order valence-corrected chi connectivity index (χ3v) is 5.07. The van der Waals surface area contributed by atoms with Gasteiger partial charge in [0.15, 0.2) is 0 Å². The van der Waals surface area contributed by atoms with E-state index >= 15 is 0 Å². The molecule has 2 heterocycles. The predicted octanol–water partition coefficient (Wildman–Crippen LogP) is 2.90. The maximum atomic E-state index is 13.4. The Morgan fingerprint density at radius 1 is 1.19 bits per heavy atom. The van der Waals surface area contributed by atoms with E-state index in [9.17, 15) is 9.18 Å². The number of carbonyl (C=O) groups excluding carboxylic acids is 1. The van der Waals surface area contributed by atoms with Gasteiger partial charge in [0.2, 0.25) is 0 Å². The summed E-state index contributed by atoms with van der Waals surface area (Å²) in [6.07, 6.45) is 0.0877. The first-order valence-corrected chi connectivity index (χ1v) is 9.31. The van der Waals surface area contributed by atoms with Crippen molar-refractivity contribution in [3.8, 4) is 0 Å². The molecule has 2 aliphatic heterocycles. The SMILES string of the molecule is O=C(O[C@H]1CNCCOC1)N1CCc2ccccc2[C@@H]1c1ccc(F)cc1. The highest BCUT2D eigenvalue weighted by molar-refractivity contribution is 5.70. The van der Waals surface area contributed by atoms with Crippen molar-refractivity contribution in [3.63, 3.8) is 0 Å². The van der Waals surface area contributed by atoms with Gasteiger partial charge in [0.25, 0.3) is 0 Å². The Kier molecular flexibility index (Phi) is 5.36. The van der Waals surface area contributed by atoms with Gasteiger partial charge >= 0.3 is 6.09 Å². The van der Waals surface area contributed by atoms with Crippen LogP contribution in [0.2, 0.25) is 0 Å². The summed E-state index contributed by atoms with van der Waals surface area (Å²) in [7, 11) is 0. The van der Waals surface area contributed by atoms with Crippen LogP contribution < -0.4 is 5.32 Å². The van der Waals surface area contributed by atoms with E-state index < -0.39 is 0 Å². The average Bonchev–Trinajstić information content (AvgIpc) is 2.96. The van der Waals surface area contributed by atoms with Crippen LogP contribution in [0.3, 0.4) is 0 Å². The summed E-state index contributed by atoms with van der Waals surface area (Å²) < 4.78 is 24.6. The minimum absolute atomic E-state index is 0.289. The van der Waals surface area contributed by atoms with Crippen molar-refractivity contribution < 1.29 is 18.7 Å². The third-order valence-electron chi connectivity index (χ3n) is 5.07. The van der Waals surface area contributed by atoms with Crippen LogP contribution in [0, 0.1) is 5.82 Å². The molecule has 1 N–H and O–H groups in total. The largest absolute Gasteiger partial charge is 0.442 e. The van der Waals surface area contributed by atoms with Gasteiger partial charge < -0.3 is 14.8 Å². The van der Waals surface area contributed by atoms with Crippen molar-refractivity contribution in [2.24, 2.45) is 0 Å². The standard InChI is InChI=1S/C21H23FN2O3/c22-17-7-5-16(6-8-17)20-19-4-2-1-3-15(19)9-11-24(20)21(25)27-18-13-23-10-12-26-14-18/h1-8,18,20,23H,9-14H2/t18-,20-/m0/s1. The lowest BCUT2D eigenvalue weighted by Crippen LogP contribution is -2.44. The molecule has 142 valence electrons. The number of nitrogens with zero attached hydrogens (tertiary/aromatic N) is 1. The van der Waals surface area contributed by atoms with E-state index in [0.29, 0.717) is 26.3 Å². The van der Waals surface area contributed by atoms with Crippen LogP contribution in [0.15, 0.2) is 48.5 Å². The minimum Gasteiger partial charge on any atom is -0.442 e. The van der Waals surface area contributed by atoms with Crippen LogP contribution in [0.1, 0.15) is 22.7 Å². The lowest BCUT2D eigenvalue weighted by Gasteiger charge is -2.37. The van der Waals surface area contributed by atoms with Crippen LogP contribution in [-0.2, 0) is 15.9 Å². The fraction of sp³-hybridized carbons (Fsp3) is 0.381. The molecule has 2 aromatic carbocycles. The van der Waals surface area contributed by atoms with Crippen molar-refractivity contribution in [3.05, 3.63) is 71.0 Å². The molecule has 27 heavy (non-hydrogen) atoms. The summed E-state index contributed by atoms with van der Waals surface area (Å²) in [5.41, 5.74) is 3.13. The number of rotatable bonds is 2. The summed E-state index contributed by atoms with van der Waals surface area (Å²) in [6, 6.07) is 14.1. The number of hydrogen-bond donors (Lipinski definition) is 1. The highest BCUT2D eigenvalue weighted by atomic mass is 19.1. The molecule has 0 aromatic heterocycles. The molecule has 1 saturated heterocycles. The summed E-state index contributed by atoms with van der Waals surface area (Å²) in [6.45, 7) is 2.90. The van der Waals surface area contributed by atoms with Crippen LogP contribution >= 0.6 is 0 Å². The lowest BCUT2D eigenvalue weighted by atomic mass is 9.88. The van der Waals surface area contributed by atoms with E-state index in [-0.39, 0.29) is 24.1 Å². The van der Waals surface area contributed by atoms with E-state index in [0.717, 1.165) is 24.1 Å². The topological polar surface area (TPSA) is 50.8 Å². The van der Waals surface area contributed by atoms with Gasteiger partial charge in [0, 0.05) is 19.6 Å². The molecule has 0 unspecified atom stereocenters. The van der Waals surface area contributed by atoms with Crippen LogP contribution in [0.4, 0.5) is 9.18 Å². The molecule has 6 heteroatoms. The highest BCUT2D eigenvalue weighted by Crippen LogP contribution is 2.35. The van der Waals surface area contributed by atoms with Gasteiger partial charge in [0.05, 0.1) is 19.3 Å². The van der Waals surface area contributed by atoms with Crippen molar-refractivity contribution in [1.29, 1.82) is 0 Å². The average molecular weight is 370 g/mol. The Bertz CT molecular complexity index is 788. The third kappa shape index (κ3) is 3.96. The molecule has 1 fully saturated rings. The maximum absolute atomic E-state index is 13.4. The number of halogens is 1. The Morgan fingerprint density at radius 2 is 2.00 bits per heavy atom. The predicted molar refractivity (Wildman–Crippen MR) is 99.1 cm³/mol. The first-order valence-electron chi connectivity index (χ1n) is 9.31. The number of ether oxygens (including phenoxy) is 2. The molecule has 2 atom stereocenters. The zero-order valence-corrected chi connectivity index (χ0v) is 15.1. The molecule has 0 saturated carbocycles. The number of carbonyl (C=O) groups is 1. The van der Waals surface area contributed by atoms with Gasteiger partial charge in [0.1, 0.15) is 11.9 Å². The molecule has 4 rings (SSSR count). The van der Waals surface area contributed by atoms with Crippen LogP contribution in [0.5, 0.6) is 0 Å². The number of amides is 1. The molecular weight excluding hydrogens is 347 g/mol. The molecule has 2 aliphatic rings. The van der Waals surface area contributed by atoms with Crippen molar-refractivity contribution >= 4 is 6.09 Å². The Morgan fingerprint density at radius 3 is 2.85 bits per heavy atom. The normalized spacial score (nSPS) is 22.6. The van der Waals surface area contributed by atoms with Gasteiger partial charge in [-0.25, -0.2) is 9.18 Å². The second-order valence-electron chi connectivity index (χ2n) is 6.88. The molecule has 0 radical (unpaired) electrons. The van der Waals surface area contributed by atoms with Gasteiger partial charge in [-0.15, -0.1) is 0 Å². The van der Waals surface area contributed by atoms with Gasteiger partial charge in [-0.3, -0.25) is 4.90 Å². The molecule has 2 aromatic rings. The van der Waals surface area contributed by atoms with Gasteiger partial charge in [-0.2, -0.15) is 0 Å². The smallest absolute Gasteiger partial charge is 0.410 e. The summed E-state index contributed by atoms with van der Waals surface area (Å²) in [5.74, 6) is -0.293. The van der Waals surface area contributed by atoms with Crippen LogP contribution in [-0.4, -0.2) is 49.9 Å². The summed E-state index contributed by atoms with van der Waals surface area (Å²) in [5, 5.41) is 3.21. The number of benzene rings is 2. The Labute approximate surface area is 158 Å². The van der Waals surface area contributed by atoms with E-state index in [1.165, 1.54) is 17.7 Å². The minimum atomic E-state index is -0.365. The van der Waals surface area contributed by atoms with E-state index in [1.54, 1.807) is 17.0 Å². The fourth-order valence-electron chi connectivity index (χ4n) is 3.73. The second kappa shape index (κ2) is 8.06.